The monoisotopic (exact) mass is 205 g/mol. The van der Waals surface area contributed by atoms with Crippen LogP contribution in [0.2, 0.25) is 0 Å². The van der Waals surface area contributed by atoms with Gasteiger partial charge in [0.15, 0.2) is 0 Å². The molecule has 2 nitrogen and oxygen atoms in total. The molecule has 1 fully saturated rings. The van der Waals surface area contributed by atoms with Gasteiger partial charge in [0.25, 0.3) is 0 Å². The van der Waals surface area contributed by atoms with E-state index in [1.165, 1.54) is 11.1 Å². The maximum absolute atomic E-state index is 10.1. The number of rotatable bonds is 4. The Balaban J connectivity index is 2.17. The summed E-state index contributed by atoms with van der Waals surface area (Å²) < 4.78 is 0. The fourth-order valence-electron chi connectivity index (χ4n) is 2.14. The zero-order valence-electron chi connectivity index (χ0n) is 9.19. The van der Waals surface area contributed by atoms with Crippen molar-refractivity contribution < 1.29 is 5.11 Å². The highest BCUT2D eigenvalue weighted by atomic mass is 16.3. The van der Waals surface area contributed by atoms with Crippen molar-refractivity contribution >= 4 is 0 Å². The minimum atomic E-state index is -0.253. The van der Waals surface area contributed by atoms with Gasteiger partial charge >= 0.3 is 0 Å². The first-order valence-corrected chi connectivity index (χ1v) is 5.67. The van der Waals surface area contributed by atoms with E-state index >= 15 is 0 Å². The molecule has 0 aromatic heterocycles. The lowest BCUT2D eigenvalue weighted by Gasteiger charge is -2.22. The van der Waals surface area contributed by atoms with Crippen molar-refractivity contribution in [1.82, 2.24) is 0 Å². The number of aliphatic hydroxyl groups is 1. The molecule has 2 unspecified atom stereocenters. The van der Waals surface area contributed by atoms with Gasteiger partial charge in [0.1, 0.15) is 0 Å². The average molecular weight is 205 g/mol. The van der Waals surface area contributed by atoms with Crippen molar-refractivity contribution in [3.63, 3.8) is 0 Å². The Hall–Kier alpha value is -0.860. The molecule has 0 spiro atoms. The first kappa shape index (κ1) is 10.7. The van der Waals surface area contributed by atoms with Crippen molar-refractivity contribution in [3.05, 3.63) is 35.4 Å². The van der Waals surface area contributed by atoms with Gasteiger partial charge in [-0.3, -0.25) is 0 Å². The Labute approximate surface area is 91.1 Å². The average Bonchev–Trinajstić information content (AvgIpc) is 3.02. The van der Waals surface area contributed by atoms with Gasteiger partial charge in [-0.1, -0.05) is 29.8 Å². The molecule has 0 heterocycles. The molecule has 1 aliphatic rings. The predicted molar refractivity (Wildman–Crippen MR) is 61.7 cm³/mol. The number of hydrogen-bond acceptors (Lipinski definition) is 2. The Bertz CT molecular complexity index is 333. The van der Waals surface area contributed by atoms with E-state index in [1.54, 1.807) is 0 Å². The molecule has 82 valence electrons. The Morgan fingerprint density at radius 2 is 2.20 bits per heavy atom. The topological polar surface area (TPSA) is 46.2 Å². The van der Waals surface area contributed by atoms with E-state index in [4.69, 9.17) is 5.73 Å². The van der Waals surface area contributed by atoms with E-state index in [-0.39, 0.29) is 12.0 Å². The van der Waals surface area contributed by atoms with Crippen LogP contribution in [0.15, 0.2) is 24.3 Å². The molecule has 0 bridgehead atoms. The van der Waals surface area contributed by atoms with Gasteiger partial charge in [0, 0.05) is 12.5 Å². The smallest absolute Gasteiger partial charge is 0.0648 e. The van der Waals surface area contributed by atoms with Crippen molar-refractivity contribution in [2.75, 3.05) is 6.54 Å². The fourth-order valence-corrected chi connectivity index (χ4v) is 2.14. The fraction of sp³-hybridized carbons (Fsp3) is 0.538. The molecule has 0 saturated heterocycles. The van der Waals surface area contributed by atoms with Crippen molar-refractivity contribution in [1.29, 1.82) is 0 Å². The highest BCUT2D eigenvalue weighted by Gasteiger charge is 2.35. The summed E-state index contributed by atoms with van der Waals surface area (Å²) in [5.74, 6) is 0.594. The van der Waals surface area contributed by atoms with E-state index in [0.29, 0.717) is 12.5 Å². The van der Waals surface area contributed by atoms with Crippen LogP contribution < -0.4 is 5.73 Å². The van der Waals surface area contributed by atoms with E-state index in [9.17, 15) is 5.11 Å². The molecular formula is C13H19NO. The highest BCUT2D eigenvalue weighted by molar-refractivity contribution is 5.27. The lowest BCUT2D eigenvalue weighted by Crippen LogP contribution is -2.27. The number of hydrogen-bond donors (Lipinski definition) is 2. The SMILES string of the molecule is Cc1cccc(C(CN)C(O)C2CC2)c1. The van der Waals surface area contributed by atoms with Crippen molar-refractivity contribution in [2.24, 2.45) is 11.7 Å². The maximum Gasteiger partial charge on any atom is 0.0648 e. The summed E-state index contributed by atoms with van der Waals surface area (Å²) in [6.07, 6.45) is 2.06. The van der Waals surface area contributed by atoms with Crippen LogP contribution in [0, 0.1) is 12.8 Å². The zero-order valence-corrected chi connectivity index (χ0v) is 9.19. The van der Waals surface area contributed by atoms with Crippen LogP contribution in [0.1, 0.15) is 29.9 Å². The number of aryl methyl sites for hydroxylation is 1. The molecular weight excluding hydrogens is 186 g/mol. The summed E-state index contributed by atoms with van der Waals surface area (Å²) in [6, 6.07) is 8.30. The van der Waals surface area contributed by atoms with Crippen LogP contribution in [0.3, 0.4) is 0 Å². The molecule has 0 amide bonds. The predicted octanol–water partition coefficient (Wildman–Crippen LogP) is 1.81. The van der Waals surface area contributed by atoms with Crippen LogP contribution in [0.4, 0.5) is 0 Å². The minimum absolute atomic E-state index is 0.109. The Morgan fingerprint density at radius 1 is 1.47 bits per heavy atom. The Kier molecular flexibility index (Phi) is 3.08. The maximum atomic E-state index is 10.1. The minimum Gasteiger partial charge on any atom is -0.392 e. The molecule has 1 saturated carbocycles. The second-order valence-corrected chi connectivity index (χ2v) is 4.58. The lowest BCUT2D eigenvalue weighted by atomic mass is 9.90. The second kappa shape index (κ2) is 4.33. The summed E-state index contributed by atoms with van der Waals surface area (Å²) in [6.45, 7) is 2.60. The molecule has 0 radical (unpaired) electrons. The van der Waals surface area contributed by atoms with E-state index in [1.807, 2.05) is 6.07 Å². The van der Waals surface area contributed by atoms with Gasteiger partial charge in [-0.15, -0.1) is 0 Å². The lowest BCUT2D eigenvalue weighted by molar-refractivity contribution is 0.123. The number of benzene rings is 1. The largest absolute Gasteiger partial charge is 0.392 e. The van der Waals surface area contributed by atoms with Crippen LogP contribution >= 0.6 is 0 Å². The number of nitrogens with two attached hydrogens (primary N) is 1. The van der Waals surface area contributed by atoms with Gasteiger partial charge < -0.3 is 10.8 Å². The standard InChI is InChI=1S/C13H19NO/c1-9-3-2-4-11(7-9)12(8-14)13(15)10-5-6-10/h2-4,7,10,12-13,15H,5-6,8,14H2,1H3. The van der Waals surface area contributed by atoms with Crippen LogP contribution in [-0.4, -0.2) is 17.8 Å². The zero-order chi connectivity index (χ0) is 10.8. The van der Waals surface area contributed by atoms with Gasteiger partial charge in [-0.25, -0.2) is 0 Å². The van der Waals surface area contributed by atoms with Crippen molar-refractivity contribution in [2.45, 2.75) is 31.8 Å². The summed E-state index contributed by atoms with van der Waals surface area (Å²) in [4.78, 5) is 0. The highest BCUT2D eigenvalue weighted by Crippen LogP contribution is 2.38. The molecule has 2 heteroatoms. The molecule has 2 rings (SSSR count). The van der Waals surface area contributed by atoms with E-state index in [2.05, 4.69) is 25.1 Å². The van der Waals surface area contributed by atoms with Gasteiger partial charge in [-0.2, -0.15) is 0 Å². The first-order valence-electron chi connectivity index (χ1n) is 5.67. The van der Waals surface area contributed by atoms with Crippen LogP contribution in [0.25, 0.3) is 0 Å². The molecule has 1 aromatic rings. The summed E-state index contributed by atoms with van der Waals surface area (Å²) >= 11 is 0. The Morgan fingerprint density at radius 3 is 2.73 bits per heavy atom. The molecule has 3 N–H and O–H groups in total. The summed E-state index contributed by atoms with van der Waals surface area (Å²) in [7, 11) is 0. The van der Waals surface area contributed by atoms with E-state index < -0.39 is 0 Å². The van der Waals surface area contributed by atoms with Crippen LogP contribution in [0.5, 0.6) is 0 Å². The molecule has 2 atom stereocenters. The molecule has 0 aliphatic heterocycles. The third-order valence-corrected chi connectivity index (χ3v) is 3.24. The summed E-state index contributed by atoms with van der Waals surface area (Å²) in [5, 5.41) is 10.1. The van der Waals surface area contributed by atoms with Crippen LogP contribution in [-0.2, 0) is 0 Å². The van der Waals surface area contributed by atoms with E-state index in [0.717, 1.165) is 12.8 Å². The third kappa shape index (κ3) is 2.39. The molecule has 15 heavy (non-hydrogen) atoms. The number of aliphatic hydroxyl groups excluding tert-OH is 1. The quantitative estimate of drug-likeness (QED) is 0.787. The molecule has 1 aromatic carbocycles. The first-order chi connectivity index (χ1) is 7.22. The third-order valence-electron chi connectivity index (χ3n) is 3.24. The van der Waals surface area contributed by atoms with Gasteiger partial charge in [-0.05, 0) is 31.2 Å². The van der Waals surface area contributed by atoms with Gasteiger partial charge in [0.05, 0.1) is 6.10 Å². The van der Waals surface area contributed by atoms with Gasteiger partial charge in [0.2, 0.25) is 0 Å². The second-order valence-electron chi connectivity index (χ2n) is 4.58. The summed E-state index contributed by atoms with van der Waals surface area (Å²) in [5.41, 5.74) is 8.17. The molecule has 1 aliphatic carbocycles. The van der Waals surface area contributed by atoms with Crippen molar-refractivity contribution in [3.8, 4) is 0 Å². The normalized spacial score (nSPS) is 19.9.